The third-order valence-electron chi connectivity index (χ3n) is 2.14. The van der Waals surface area contributed by atoms with Crippen LogP contribution in [0.1, 0.15) is 31.0 Å². The molecule has 0 saturated carbocycles. The summed E-state index contributed by atoms with van der Waals surface area (Å²) in [5.41, 5.74) is 2.68. The van der Waals surface area contributed by atoms with Crippen molar-refractivity contribution >= 4 is 21.6 Å². The molecule has 70 valence electrons. The quantitative estimate of drug-likeness (QED) is 0.711. The van der Waals surface area contributed by atoms with E-state index in [0.717, 1.165) is 21.5 Å². The molecule has 0 bridgehead atoms. The number of rotatable bonds is 1. The summed E-state index contributed by atoms with van der Waals surface area (Å²) < 4.78 is 0.997. The summed E-state index contributed by atoms with van der Waals surface area (Å²) in [4.78, 5) is 4.50. The highest BCUT2D eigenvalue weighted by Gasteiger charge is 2.08. The van der Waals surface area contributed by atoms with Crippen LogP contribution in [0.25, 0.3) is 10.2 Å². The highest BCUT2D eigenvalue weighted by Crippen LogP contribution is 2.25. The SMILES string of the molecule is CC(C)c1cc(C#N)c2sccc2n1. The van der Waals surface area contributed by atoms with Gasteiger partial charge in [-0.15, -0.1) is 11.3 Å². The average Bonchev–Trinajstić information content (AvgIpc) is 2.63. The van der Waals surface area contributed by atoms with Gasteiger partial charge in [0.1, 0.15) is 6.07 Å². The lowest BCUT2D eigenvalue weighted by Crippen LogP contribution is -1.93. The van der Waals surface area contributed by atoms with E-state index in [1.54, 1.807) is 11.3 Å². The van der Waals surface area contributed by atoms with Gasteiger partial charge in [0.05, 0.1) is 15.8 Å². The summed E-state index contributed by atoms with van der Waals surface area (Å²) in [7, 11) is 0. The highest BCUT2D eigenvalue weighted by molar-refractivity contribution is 7.17. The smallest absolute Gasteiger partial charge is 0.101 e. The molecule has 0 amide bonds. The second kappa shape index (κ2) is 3.39. The fourth-order valence-corrected chi connectivity index (χ4v) is 2.15. The first-order valence-corrected chi connectivity index (χ1v) is 5.38. The van der Waals surface area contributed by atoms with E-state index in [1.165, 1.54) is 0 Å². The Morgan fingerprint density at radius 2 is 2.29 bits per heavy atom. The van der Waals surface area contributed by atoms with Gasteiger partial charge in [0, 0.05) is 5.69 Å². The number of nitrogens with zero attached hydrogens (tertiary/aromatic N) is 2. The molecule has 2 aromatic rings. The number of hydrogen-bond donors (Lipinski definition) is 0. The van der Waals surface area contributed by atoms with Gasteiger partial charge >= 0.3 is 0 Å². The second-order valence-electron chi connectivity index (χ2n) is 3.50. The van der Waals surface area contributed by atoms with Crippen molar-refractivity contribution in [1.82, 2.24) is 4.98 Å². The van der Waals surface area contributed by atoms with Crippen molar-refractivity contribution in [2.24, 2.45) is 0 Å². The van der Waals surface area contributed by atoms with Crippen LogP contribution in [0.5, 0.6) is 0 Å². The molecule has 0 radical (unpaired) electrons. The highest BCUT2D eigenvalue weighted by atomic mass is 32.1. The van der Waals surface area contributed by atoms with Gasteiger partial charge in [-0.05, 0) is 23.4 Å². The van der Waals surface area contributed by atoms with Gasteiger partial charge < -0.3 is 0 Å². The molecule has 3 heteroatoms. The zero-order valence-corrected chi connectivity index (χ0v) is 8.93. The lowest BCUT2D eigenvalue weighted by molar-refractivity contribution is 0.829. The predicted molar refractivity (Wildman–Crippen MR) is 58.4 cm³/mol. The molecule has 0 aliphatic rings. The molecule has 2 aromatic heterocycles. The number of thiophene rings is 1. The number of pyridine rings is 1. The van der Waals surface area contributed by atoms with Crippen LogP contribution >= 0.6 is 11.3 Å². The molecular weight excluding hydrogens is 192 g/mol. The first-order valence-electron chi connectivity index (χ1n) is 4.50. The van der Waals surface area contributed by atoms with Crippen molar-refractivity contribution in [3.63, 3.8) is 0 Å². The fourth-order valence-electron chi connectivity index (χ4n) is 1.36. The lowest BCUT2D eigenvalue weighted by Gasteiger charge is -2.04. The maximum atomic E-state index is 8.99. The van der Waals surface area contributed by atoms with Crippen LogP contribution in [0.4, 0.5) is 0 Å². The molecule has 0 aromatic carbocycles. The Kier molecular flexibility index (Phi) is 2.22. The van der Waals surface area contributed by atoms with Gasteiger partial charge in [0.15, 0.2) is 0 Å². The van der Waals surface area contributed by atoms with Crippen LogP contribution in [0.3, 0.4) is 0 Å². The van der Waals surface area contributed by atoms with Crippen LogP contribution in [-0.2, 0) is 0 Å². The number of aromatic nitrogens is 1. The summed E-state index contributed by atoms with van der Waals surface area (Å²) >= 11 is 1.57. The monoisotopic (exact) mass is 202 g/mol. The third-order valence-corrected chi connectivity index (χ3v) is 3.08. The number of hydrogen-bond acceptors (Lipinski definition) is 3. The molecule has 0 aliphatic carbocycles. The Morgan fingerprint density at radius 3 is 2.93 bits per heavy atom. The minimum Gasteiger partial charge on any atom is -0.252 e. The summed E-state index contributed by atoms with van der Waals surface area (Å²) in [6.07, 6.45) is 0. The molecule has 2 heterocycles. The molecule has 0 aliphatic heterocycles. The molecule has 0 saturated heterocycles. The zero-order chi connectivity index (χ0) is 10.1. The van der Waals surface area contributed by atoms with Crippen molar-refractivity contribution < 1.29 is 0 Å². The summed E-state index contributed by atoms with van der Waals surface area (Å²) in [6.45, 7) is 4.17. The Balaban J connectivity index is 2.75. The van der Waals surface area contributed by atoms with Gasteiger partial charge in [-0.2, -0.15) is 5.26 Å². The van der Waals surface area contributed by atoms with E-state index >= 15 is 0 Å². The summed E-state index contributed by atoms with van der Waals surface area (Å²) in [5.74, 6) is 0.367. The molecule has 2 rings (SSSR count). The van der Waals surface area contributed by atoms with Crippen molar-refractivity contribution in [3.8, 4) is 6.07 Å². The Morgan fingerprint density at radius 1 is 1.50 bits per heavy atom. The molecular formula is C11H10N2S. The van der Waals surface area contributed by atoms with Gasteiger partial charge in [0.2, 0.25) is 0 Å². The summed E-state index contributed by atoms with van der Waals surface area (Å²) in [5, 5.41) is 11.0. The van der Waals surface area contributed by atoms with Gasteiger partial charge in [-0.3, -0.25) is 4.98 Å². The van der Waals surface area contributed by atoms with E-state index in [0.29, 0.717) is 5.92 Å². The van der Waals surface area contributed by atoms with E-state index in [9.17, 15) is 0 Å². The Hall–Kier alpha value is -1.40. The molecule has 0 spiro atoms. The first-order chi connectivity index (χ1) is 6.72. The predicted octanol–water partition coefficient (Wildman–Crippen LogP) is 3.29. The summed E-state index contributed by atoms with van der Waals surface area (Å²) in [6, 6.07) is 6.08. The molecule has 14 heavy (non-hydrogen) atoms. The standard InChI is InChI=1S/C11H10N2S/c1-7(2)10-5-8(6-12)11-9(13-10)3-4-14-11/h3-5,7H,1-2H3. The number of fused-ring (bicyclic) bond motifs is 1. The van der Waals surface area contributed by atoms with Gasteiger partial charge in [0.25, 0.3) is 0 Å². The van der Waals surface area contributed by atoms with Crippen LogP contribution < -0.4 is 0 Å². The van der Waals surface area contributed by atoms with Crippen molar-refractivity contribution in [3.05, 3.63) is 28.8 Å². The largest absolute Gasteiger partial charge is 0.252 e. The first kappa shape index (κ1) is 9.17. The van der Waals surface area contributed by atoms with E-state index in [4.69, 9.17) is 5.26 Å². The molecule has 0 N–H and O–H groups in total. The van der Waals surface area contributed by atoms with Crippen LogP contribution in [0, 0.1) is 11.3 Å². The third kappa shape index (κ3) is 1.38. The fraction of sp³-hybridized carbons (Fsp3) is 0.273. The molecule has 0 fully saturated rings. The average molecular weight is 202 g/mol. The maximum absolute atomic E-state index is 8.99. The maximum Gasteiger partial charge on any atom is 0.101 e. The van der Waals surface area contributed by atoms with Crippen molar-refractivity contribution in [2.75, 3.05) is 0 Å². The van der Waals surface area contributed by atoms with E-state index in [2.05, 4.69) is 24.9 Å². The minimum atomic E-state index is 0.367. The van der Waals surface area contributed by atoms with Gasteiger partial charge in [-0.1, -0.05) is 13.8 Å². The van der Waals surface area contributed by atoms with Gasteiger partial charge in [-0.25, -0.2) is 0 Å². The Labute approximate surface area is 86.8 Å². The lowest BCUT2D eigenvalue weighted by atomic mass is 10.1. The molecule has 2 nitrogen and oxygen atoms in total. The van der Waals surface area contributed by atoms with Crippen LogP contribution in [-0.4, -0.2) is 4.98 Å². The zero-order valence-electron chi connectivity index (χ0n) is 8.11. The molecule has 0 atom stereocenters. The van der Waals surface area contributed by atoms with E-state index in [1.807, 2.05) is 17.5 Å². The normalized spacial score (nSPS) is 10.7. The van der Waals surface area contributed by atoms with Crippen LogP contribution in [0.2, 0.25) is 0 Å². The Bertz CT molecular complexity index is 505. The van der Waals surface area contributed by atoms with Crippen LogP contribution in [0.15, 0.2) is 17.5 Å². The van der Waals surface area contributed by atoms with E-state index in [-0.39, 0.29) is 0 Å². The van der Waals surface area contributed by atoms with Crippen molar-refractivity contribution in [2.45, 2.75) is 19.8 Å². The number of nitriles is 1. The van der Waals surface area contributed by atoms with E-state index < -0.39 is 0 Å². The topological polar surface area (TPSA) is 36.7 Å². The van der Waals surface area contributed by atoms with Crippen molar-refractivity contribution in [1.29, 1.82) is 5.26 Å². The molecule has 0 unspecified atom stereocenters. The second-order valence-corrected chi connectivity index (χ2v) is 4.41. The minimum absolute atomic E-state index is 0.367.